The summed E-state index contributed by atoms with van der Waals surface area (Å²) in [6.07, 6.45) is 3.75. The number of rotatable bonds is 4. The Morgan fingerprint density at radius 3 is 2.78 bits per heavy atom. The van der Waals surface area contributed by atoms with Crippen LogP contribution in [0.15, 0.2) is 30.5 Å². The Morgan fingerprint density at radius 2 is 2.11 bits per heavy atom. The number of fused-ring (bicyclic) bond motifs is 1. The molecule has 5 heteroatoms. The van der Waals surface area contributed by atoms with Gasteiger partial charge < -0.3 is 4.57 Å². The molecular weight excluding hydrogens is 248 g/mol. The van der Waals surface area contributed by atoms with Gasteiger partial charge in [-0.05, 0) is 30.0 Å². The molecule has 0 unspecified atom stereocenters. The second-order valence-corrected chi connectivity index (χ2v) is 6.64. The minimum absolute atomic E-state index is 0.185. The number of benzene rings is 1. The summed E-state index contributed by atoms with van der Waals surface area (Å²) in [4.78, 5) is 0. The Balaban J connectivity index is 2.21. The molecule has 94 valence electrons. The van der Waals surface area contributed by atoms with Gasteiger partial charge in [-0.25, -0.2) is 8.42 Å². The second kappa shape index (κ2) is 4.83. The molecule has 2 rings (SSSR count). The largest absolute Gasteiger partial charge is 0.347 e. The molecule has 0 bridgehead atoms. The monoisotopic (exact) mass is 262 g/mol. The third kappa shape index (κ3) is 2.90. The maximum Gasteiger partial charge on any atom is 0.147 e. The normalized spacial score (nSPS) is 11.6. The van der Waals surface area contributed by atoms with Crippen LogP contribution in [0.3, 0.4) is 0 Å². The van der Waals surface area contributed by atoms with Gasteiger partial charge in [0, 0.05) is 24.5 Å². The number of sulfone groups is 1. The highest BCUT2D eigenvalue weighted by Gasteiger charge is 2.05. The molecule has 0 saturated carbocycles. The van der Waals surface area contributed by atoms with Crippen LogP contribution in [0.2, 0.25) is 0 Å². The number of hydrogen-bond donors (Lipinski definition) is 0. The Hall–Kier alpha value is -1.80. The number of aromatic nitrogens is 1. The molecule has 0 atom stereocenters. The lowest BCUT2D eigenvalue weighted by Gasteiger charge is -2.05. The smallest absolute Gasteiger partial charge is 0.147 e. The van der Waals surface area contributed by atoms with Crippen molar-refractivity contribution in [2.75, 3.05) is 12.0 Å². The minimum Gasteiger partial charge on any atom is -0.347 e. The SMILES string of the molecule is CS(=O)(=O)CCCn1ccc2ccc(C#N)cc21. The summed E-state index contributed by atoms with van der Waals surface area (Å²) in [6, 6.07) is 9.59. The molecule has 1 aromatic carbocycles. The van der Waals surface area contributed by atoms with E-state index in [9.17, 15) is 8.42 Å². The number of nitriles is 1. The van der Waals surface area contributed by atoms with Crippen LogP contribution in [0, 0.1) is 11.3 Å². The van der Waals surface area contributed by atoms with E-state index >= 15 is 0 Å². The van der Waals surface area contributed by atoms with E-state index in [1.807, 2.05) is 29.0 Å². The van der Waals surface area contributed by atoms with Gasteiger partial charge in [0.1, 0.15) is 9.84 Å². The average Bonchev–Trinajstić information content (AvgIpc) is 2.70. The molecule has 0 aliphatic carbocycles. The van der Waals surface area contributed by atoms with Crippen molar-refractivity contribution in [3.8, 4) is 6.07 Å². The van der Waals surface area contributed by atoms with Crippen molar-refractivity contribution in [2.24, 2.45) is 0 Å². The summed E-state index contributed by atoms with van der Waals surface area (Å²) >= 11 is 0. The summed E-state index contributed by atoms with van der Waals surface area (Å²) in [5, 5.41) is 9.93. The Bertz CT molecular complexity index is 708. The van der Waals surface area contributed by atoms with E-state index in [0.717, 1.165) is 10.9 Å². The van der Waals surface area contributed by atoms with Crippen LogP contribution in [-0.2, 0) is 16.4 Å². The fourth-order valence-corrected chi connectivity index (χ4v) is 2.60. The summed E-state index contributed by atoms with van der Waals surface area (Å²) in [5.41, 5.74) is 1.59. The van der Waals surface area contributed by atoms with Gasteiger partial charge in [-0.15, -0.1) is 0 Å². The lowest BCUT2D eigenvalue weighted by atomic mass is 10.2. The van der Waals surface area contributed by atoms with Gasteiger partial charge in [-0.2, -0.15) is 5.26 Å². The third-order valence-electron chi connectivity index (χ3n) is 2.82. The van der Waals surface area contributed by atoms with E-state index in [1.54, 1.807) is 6.07 Å². The predicted molar refractivity (Wildman–Crippen MR) is 71.0 cm³/mol. The molecule has 0 radical (unpaired) electrons. The van der Waals surface area contributed by atoms with Crippen LogP contribution >= 0.6 is 0 Å². The first-order valence-electron chi connectivity index (χ1n) is 5.66. The molecule has 0 aliphatic rings. The molecule has 1 aromatic heterocycles. The first kappa shape index (κ1) is 12.7. The lowest BCUT2D eigenvalue weighted by molar-refractivity contribution is 0.593. The molecule has 0 aliphatic heterocycles. The average molecular weight is 262 g/mol. The summed E-state index contributed by atoms with van der Waals surface area (Å²) in [6.45, 7) is 0.644. The van der Waals surface area contributed by atoms with Crippen molar-refractivity contribution in [3.05, 3.63) is 36.0 Å². The predicted octanol–water partition coefficient (Wildman–Crippen LogP) is 1.95. The first-order valence-corrected chi connectivity index (χ1v) is 7.72. The molecule has 0 fully saturated rings. The zero-order chi connectivity index (χ0) is 13.2. The first-order chi connectivity index (χ1) is 8.49. The second-order valence-electron chi connectivity index (χ2n) is 4.38. The van der Waals surface area contributed by atoms with Gasteiger partial charge in [-0.1, -0.05) is 6.07 Å². The molecule has 0 spiro atoms. The fraction of sp³-hybridized carbons (Fsp3) is 0.308. The van der Waals surface area contributed by atoms with Crippen LogP contribution in [-0.4, -0.2) is 25.0 Å². The third-order valence-corrected chi connectivity index (χ3v) is 3.85. The van der Waals surface area contributed by atoms with E-state index in [2.05, 4.69) is 6.07 Å². The Kier molecular flexibility index (Phi) is 3.39. The van der Waals surface area contributed by atoms with Crippen molar-refractivity contribution in [3.63, 3.8) is 0 Å². The van der Waals surface area contributed by atoms with Crippen molar-refractivity contribution in [1.29, 1.82) is 5.26 Å². The molecule has 4 nitrogen and oxygen atoms in total. The van der Waals surface area contributed by atoms with Crippen molar-refractivity contribution in [2.45, 2.75) is 13.0 Å². The van der Waals surface area contributed by atoms with Gasteiger partial charge in [0.15, 0.2) is 0 Å². The minimum atomic E-state index is -2.91. The maximum atomic E-state index is 11.1. The molecule has 0 saturated heterocycles. The molecule has 0 amide bonds. The molecule has 1 heterocycles. The van der Waals surface area contributed by atoms with E-state index in [4.69, 9.17) is 5.26 Å². The summed E-state index contributed by atoms with van der Waals surface area (Å²) in [5.74, 6) is 0.185. The lowest BCUT2D eigenvalue weighted by Crippen LogP contribution is -2.06. The van der Waals surface area contributed by atoms with Crippen LogP contribution in [0.4, 0.5) is 0 Å². The fourth-order valence-electron chi connectivity index (χ4n) is 1.95. The highest BCUT2D eigenvalue weighted by atomic mass is 32.2. The van der Waals surface area contributed by atoms with Gasteiger partial charge in [0.25, 0.3) is 0 Å². The topological polar surface area (TPSA) is 62.9 Å². The maximum absolute atomic E-state index is 11.1. The standard InChI is InChI=1S/C13H14N2O2S/c1-18(16,17)8-2-6-15-7-5-12-4-3-11(10-14)9-13(12)15/h3-5,7,9H,2,6,8H2,1H3. The Labute approximate surface area is 106 Å². The zero-order valence-corrected chi connectivity index (χ0v) is 10.9. The summed E-state index contributed by atoms with van der Waals surface area (Å²) in [7, 11) is -2.91. The van der Waals surface area contributed by atoms with Crippen molar-refractivity contribution in [1.82, 2.24) is 4.57 Å². The van der Waals surface area contributed by atoms with Gasteiger partial charge >= 0.3 is 0 Å². The number of hydrogen-bond acceptors (Lipinski definition) is 3. The highest BCUT2D eigenvalue weighted by molar-refractivity contribution is 7.90. The number of nitrogens with zero attached hydrogens (tertiary/aromatic N) is 2. The molecular formula is C13H14N2O2S. The van der Waals surface area contributed by atoms with Gasteiger partial charge in [0.2, 0.25) is 0 Å². The number of aryl methyl sites for hydroxylation is 1. The molecule has 18 heavy (non-hydrogen) atoms. The van der Waals surface area contributed by atoms with Crippen LogP contribution in [0.5, 0.6) is 0 Å². The Morgan fingerprint density at radius 1 is 1.33 bits per heavy atom. The van der Waals surface area contributed by atoms with Crippen LogP contribution in [0.1, 0.15) is 12.0 Å². The van der Waals surface area contributed by atoms with Crippen molar-refractivity contribution >= 4 is 20.7 Å². The van der Waals surface area contributed by atoms with Crippen LogP contribution < -0.4 is 0 Å². The molecule has 2 aromatic rings. The van der Waals surface area contributed by atoms with E-state index < -0.39 is 9.84 Å². The van der Waals surface area contributed by atoms with Gasteiger partial charge in [0.05, 0.1) is 17.4 Å². The molecule has 0 N–H and O–H groups in total. The van der Waals surface area contributed by atoms with E-state index in [-0.39, 0.29) is 5.75 Å². The van der Waals surface area contributed by atoms with Gasteiger partial charge in [-0.3, -0.25) is 0 Å². The van der Waals surface area contributed by atoms with E-state index in [1.165, 1.54) is 6.26 Å². The summed E-state index contributed by atoms with van der Waals surface area (Å²) < 4.78 is 24.1. The highest BCUT2D eigenvalue weighted by Crippen LogP contribution is 2.17. The van der Waals surface area contributed by atoms with E-state index in [0.29, 0.717) is 18.5 Å². The van der Waals surface area contributed by atoms with Crippen molar-refractivity contribution < 1.29 is 8.42 Å². The quantitative estimate of drug-likeness (QED) is 0.846. The van der Waals surface area contributed by atoms with Crippen LogP contribution in [0.25, 0.3) is 10.9 Å². The zero-order valence-electron chi connectivity index (χ0n) is 10.1.